The summed E-state index contributed by atoms with van der Waals surface area (Å²) in [6.07, 6.45) is 41.3. The summed E-state index contributed by atoms with van der Waals surface area (Å²) in [6.45, 7) is 1.95. The summed E-state index contributed by atoms with van der Waals surface area (Å²) in [5, 5.41) is 18.2. The molecule has 0 aromatic rings. The van der Waals surface area contributed by atoms with E-state index < -0.39 is 51.8 Å². The van der Waals surface area contributed by atoms with Gasteiger partial charge in [-0.25, -0.2) is 4.57 Å². The van der Waals surface area contributed by atoms with Gasteiger partial charge in [-0.15, -0.1) is 0 Å². The van der Waals surface area contributed by atoms with Crippen LogP contribution in [0.4, 0.5) is 0 Å². The molecular formula is C40H63O10P. The summed E-state index contributed by atoms with van der Waals surface area (Å²) in [6, 6.07) is 0. The minimum atomic E-state index is -4.65. The lowest BCUT2D eigenvalue weighted by molar-refractivity contribution is -0.160. The third kappa shape index (κ3) is 35.1. The van der Waals surface area contributed by atoms with Crippen molar-refractivity contribution >= 4 is 19.8 Å². The molecule has 10 nitrogen and oxygen atoms in total. The highest BCUT2D eigenvalue weighted by atomic mass is 31.2. The molecule has 51 heavy (non-hydrogen) atoms. The zero-order valence-electron chi connectivity index (χ0n) is 30.8. The first-order valence-corrected chi connectivity index (χ1v) is 19.7. The monoisotopic (exact) mass is 734 g/mol. The first-order valence-electron chi connectivity index (χ1n) is 18.2. The number of rotatable bonds is 32. The fourth-order valence-corrected chi connectivity index (χ4v) is 4.81. The quantitative estimate of drug-likeness (QED) is 0.0265. The van der Waals surface area contributed by atoms with Crippen molar-refractivity contribution in [1.29, 1.82) is 0 Å². The molecule has 0 aromatic carbocycles. The molecule has 0 spiro atoms. The first-order chi connectivity index (χ1) is 24.7. The molecule has 288 valence electrons. The van der Waals surface area contributed by atoms with E-state index >= 15 is 0 Å². The second-order valence-corrected chi connectivity index (χ2v) is 13.0. The fraction of sp³-hybridized carbons (Fsp3) is 0.550. The minimum absolute atomic E-state index is 0.0605. The normalized spacial score (nSPS) is 15.2. The van der Waals surface area contributed by atoms with Crippen LogP contribution in [-0.2, 0) is 32.7 Å². The van der Waals surface area contributed by atoms with Gasteiger partial charge in [-0.05, 0) is 70.6 Å². The molecule has 3 unspecified atom stereocenters. The number of unbranched alkanes of at least 4 members (excludes halogenated alkanes) is 3. The van der Waals surface area contributed by atoms with Crippen molar-refractivity contribution in [3.63, 3.8) is 0 Å². The van der Waals surface area contributed by atoms with E-state index in [9.17, 15) is 24.2 Å². The van der Waals surface area contributed by atoms with Gasteiger partial charge < -0.3 is 24.6 Å². The lowest BCUT2D eigenvalue weighted by Crippen LogP contribution is -2.29. The number of carbonyl (C=O) groups excluding carboxylic acids is 2. The number of carbonyl (C=O) groups is 2. The summed E-state index contributed by atoms with van der Waals surface area (Å²) in [4.78, 5) is 34.7. The van der Waals surface area contributed by atoms with E-state index in [-0.39, 0.29) is 19.4 Å². The topological polar surface area (TPSA) is 149 Å². The fourth-order valence-electron chi connectivity index (χ4n) is 4.02. The van der Waals surface area contributed by atoms with E-state index in [0.29, 0.717) is 12.8 Å². The van der Waals surface area contributed by atoms with Gasteiger partial charge in [0, 0.05) is 6.42 Å². The highest BCUT2D eigenvalue weighted by molar-refractivity contribution is 7.47. The van der Waals surface area contributed by atoms with Crippen molar-refractivity contribution < 1.29 is 47.8 Å². The Kier molecular flexibility index (Phi) is 33.1. The Labute approximate surface area is 306 Å². The lowest BCUT2D eigenvalue weighted by atomic mass is 10.1. The summed E-state index contributed by atoms with van der Waals surface area (Å²) in [5.74, 6) is -1.12. The van der Waals surface area contributed by atoms with Gasteiger partial charge in [0.25, 0.3) is 0 Å². The van der Waals surface area contributed by atoms with Crippen LogP contribution in [0.2, 0.25) is 0 Å². The molecule has 0 saturated heterocycles. The molecule has 11 heteroatoms. The first kappa shape index (κ1) is 47.9. The number of aliphatic hydroxyl groups excluding tert-OH is 2. The van der Waals surface area contributed by atoms with Gasteiger partial charge in [-0.3, -0.25) is 18.6 Å². The van der Waals surface area contributed by atoms with Crippen LogP contribution in [-0.4, -0.2) is 65.7 Å². The number of phosphoric ester groups is 1. The van der Waals surface area contributed by atoms with Crippen molar-refractivity contribution in [2.45, 2.75) is 116 Å². The number of hydrogen-bond acceptors (Lipinski definition) is 9. The summed E-state index contributed by atoms with van der Waals surface area (Å²) in [5.41, 5.74) is 0. The SMILES string of the molecule is CC/C=C\C/C=C\C/C=C\C/C=C\C/C=C\CC(=O)OC(COC(=O)CCCCC/C=C\C/C=C\C/C=C\CC)COP(=O)(O)OCC(O)CO. The van der Waals surface area contributed by atoms with Gasteiger partial charge in [-0.1, -0.05) is 117 Å². The van der Waals surface area contributed by atoms with Crippen molar-refractivity contribution in [1.82, 2.24) is 0 Å². The van der Waals surface area contributed by atoms with Gasteiger partial charge in [0.2, 0.25) is 0 Å². The zero-order chi connectivity index (χ0) is 37.7. The van der Waals surface area contributed by atoms with E-state index in [1.807, 2.05) is 18.2 Å². The predicted octanol–water partition coefficient (Wildman–Crippen LogP) is 8.88. The van der Waals surface area contributed by atoms with Crippen LogP contribution < -0.4 is 0 Å². The second kappa shape index (κ2) is 35.3. The minimum Gasteiger partial charge on any atom is -0.462 e. The maximum absolute atomic E-state index is 12.5. The Balaban J connectivity index is 4.62. The van der Waals surface area contributed by atoms with Crippen molar-refractivity contribution in [2.75, 3.05) is 26.4 Å². The van der Waals surface area contributed by atoms with Crippen molar-refractivity contribution in [3.05, 3.63) is 97.2 Å². The van der Waals surface area contributed by atoms with Gasteiger partial charge in [0.15, 0.2) is 6.10 Å². The van der Waals surface area contributed by atoms with Crippen molar-refractivity contribution in [3.8, 4) is 0 Å². The molecular weight excluding hydrogens is 671 g/mol. The van der Waals surface area contributed by atoms with E-state index in [1.54, 1.807) is 6.08 Å². The Morgan fingerprint density at radius 1 is 0.608 bits per heavy atom. The molecule has 3 atom stereocenters. The highest BCUT2D eigenvalue weighted by Crippen LogP contribution is 2.43. The van der Waals surface area contributed by atoms with E-state index in [2.05, 4.69) is 91.3 Å². The van der Waals surface area contributed by atoms with Crippen LogP contribution in [0.15, 0.2) is 97.2 Å². The number of aliphatic hydroxyl groups is 2. The Morgan fingerprint density at radius 2 is 1.08 bits per heavy atom. The molecule has 0 aliphatic rings. The average molecular weight is 735 g/mol. The molecule has 0 amide bonds. The van der Waals surface area contributed by atoms with Crippen LogP contribution in [0.5, 0.6) is 0 Å². The average Bonchev–Trinajstić information content (AvgIpc) is 3.12. The molecule has 0 rings (SSSR count). The molecule has 0 saturated carbocycles. The molecule has 0 fully saturated rings. The summed E-state index contributed by atoms with van der Waals surface area (Å²) >= 11 is 0. The molecule has 0 aliphatic carbocycles. The highest BCUT2D eigenvalue weighted by Gasteiger charge is 2.27. The molecule has 0 bridgehead atoms. The maximum atomic E-state index is 12.5. The van der Waals surface area contributed by atoms with Gasteiger partial charge in [0.1, 0.15) is 12.7 Å². The number of ether oxygens (including phenoxy) is 2. The predicted molar refractivity (Wildman–Crippen MR) is 205 cm³/mol. The molecule has 0 aliphatic heterocycles. The third-order valence-corrected chi connectivity index (χ3v) is 7.72. The number of allylic oxidation sites excluding steroid dienone is 15. The number of hydrogen-bond donors (Lipinski definition) is 3. The van der Waals surface area contributed by atoms with Crippen LogP contribution in [0.25, 0.3) is 0 Å². The van der Waals surface area contributed by atoms with Crippen molar-refractivity contribution in [2.24, 2.45) is 0 Å². The second-order valence-electron chi connectivity index (χ2n) is 11.5. The van der Waals surface area contributed by atoms with Gasteiger partial charge in [0.05, 0.1) is 26.2 Å². The maximum Gasteiger partial charge on any atom is 0.472 e. The van der Waals surface area contributed by atoms with Gasteiger partial charge in [-0.2, -0.15) is 0 Å². The summed E-state index contributed by atoms with van der Waals surface area (Å²) < 4.78 is 32.4. The molecule has 3 N–H and O–H groups in total. The molecule has 0 aromatic heterocycles. The van der Waals surface area contributed by atoms with Crippen LogP contribution in [0.1, 0.15) is 104 Å². The Bertz CT molecular complexity index is 1170. The van der Waals surface area contributed by atoms with E-state index in [4.69, 9.17) is 19.1 Å². The largest absolute Gasteiger partial charge is 0.472 e. The lowest BCUT2D eigenvalue weighted by Gasteiger charge is -2.20. The van der Waals surface area contributed by atoms with E-state index in [1.165, 1.54) is 0 Å². The standard InChI is InChI=1S/C40H63O10P/c1-3-5-7-9-11-13-15-17-18-20-22-24-26-28-30-32-40(44)50-38(36-49-51(45,46)48-34-37(42)33-41)35-47-39(43)31-29-27-25-23-21-19-16-14-12-10-8-6-4-2/h5-8,11-14,17-19,21-22,24,28,30,37-38,41-42H,3-4,9-10,15-16,20,23,25-27,29,31-36H2,1-2H3,(H,45,46)/b7-5-,8-6-,13-11-,14-12-,18-17-,21-19-,24-22-,30-28-. The smallest absolute Gasteiger partial charge is 0.462 e. The third-order valence-electron chi connectivity index (χ3n) is 6.77. The summed E-state index contributed by atoms with van der Waals surface area (Å²) in [7, 11) is -4.65. The Hall–Kier alpha value is -3.11. The molecule has 0 radical (unpaired) electrons. The number of esters is 2. The van der Waals surface area contributed by atoms with E-state index in [0.717, 1.165) is 64.2 Å². The number of phosphoric acid groups is 1. The van der Waals surface area contributed by atoms with Crippen LogP contribution >= 0.6 is 7.82 Å². The molecule has 0 heterocycles. The zero-order valence-corrected chi connectivity index (χ0v) is 31.7. The van der Waals surface area contributed by atoms with Gasteiger partial charge >= 0.3 is 19.8 Å². The Morgan fingerprint density at radius 3 is 1.59 bits per heavy atom. The van der Waals surface area contributed by atoms with Crippen LogP contribution in [0.3, 0.4) is 0 Å². The van der Waals surface area contributed by atoms with Crippen LogP contribution in [0, 0.1) is 0 Å².